The maximum absolute atomic E-state index is 5.95. The number of hydrogen-bond acceptors (Lipinski definition) is 5. The molecule has 24 heavy (non-hydrogen) atoms. The van der Waals surface area contributed by atoms with Crippen LogP contribution in [0, 0.1) is 0 Å². The van der Waals surface area contributed by atoms with Gasteiger partial charge in [-0.05, 0) is 40.0 Å². The largest absolute Gasteiger partial charge is 0.473 e. The maximum atomic E-state index is 5.95. The van der Waals surface area contributed by atoms with Crippen LogP contribution in [-0.4, -0.2) is 66.3 Å². The lowest BCUT2D eigenvalue weighted by Gasteiger charge is -2.24. The van der Waals surface area contributed by atoms with Gasteiger partial charge in [0.05, 0.1) is 0 Å². The van der Waals surface area contributed by atoms with E-state index in [1.54, 1.807) is 0 Å². The molecule has 0 aliphatic rings. The van der Waals surface area contributed by atoms with Crippen LogP contribution in [0.2, 0.25) is 0 Å². The molecule has 0 N–H and O–H groups in total. The lowest BCUT2D eigenvalue weighted by molar-refractivity contribution is 0.136. The second-order valence-electron chi connectivity index (χ2n) is 6.14. The molecule has 5 nitrogen and oxygen atoms in total. The monoisotopic (exact) mass is 337 g/mol. The molecule has 138 valence electrons. The fraction of sp³-hybridized carbons (Fsp3) is 0.737. The summed E-state index contributed by atoms with van der Waals surface area (Å²) in [5.74, 6) is 1.25. The molecule has 1 aromatic rings. The van der Waals surface area contributed by atoms with Gasteiger partial charge in [-0.1, -0.05) is 33.8 Å². The molecule has 1 aromatic heterocycles. The van der Waals surface area contributed by atoms with Gasteiger partial charge in [0.15, 0.2) is 0 Å². The van der Waals surface area contributed by atoms with Crippen molar-refractivity contribution in [1.29, 1.82) is 0 Å². The van der Waals surface area contributed by atoms with Gasteiger partial charge >= 0.3 is 0 Å². The van der Waals surface area contributed by atoms with Crippen molar-refractivity contribution in [3.8, 4) is 11.8 Å². The van der Waals surface area contributed by atoms with Gasteiger partial charge in [-0.3, -0.25) is 0 Å². The van der Waals surface area contributed by atoms with Gasteiger partial charge in [0.1, 0.15) is 12.2 Å². The first-order valence-corrected chi connectivity index (χ1v) is 9.27. The van der Waals surface area contributed by atoms with Crippen LogP contribution in [-0.2, 0) is 0 Å². The Morgan fingerprint density at radius 3 is 1.50 bits per heavy atom. The molecule has 0 aliphatic heterocycles. The summed E-state index contributed by atoms with van der Waals surface area (Å²) in [6.45, 7) is 18.8. The van der Waals surface area contributed by atoms with E-state index < -0.39 is 0 Å². The van der Waals surface area contributed by atoms with Crippen LogP contribution in [0.1, 0.15) is 41.5 Å². The minimum Gasteiger partial charge on any atom is -0.473 e. The summed E-state index contributed by atoms with van der Waals surface area (Å²) in [7, 11) is 0. The van der Waals surface area contributed by atoms with Crippen LogP contribution in [0.4, 0.5) is 0 Å². The van der Waals surface area contributed by atoms with Gasteiger partial charge in [0.2, 0.25) is 11.8 Å². The molecule has 5 heteroatoms. The summed E-state index contributed by atoms with van der Waals surface area (Å²) >= 11 is 0. The van der Waals surface area contributed by atoms with Crippen molar-refractivity contribution in [3.05, 3.63) is 18.2 Å². The highest BCUT2D eigenvalue weighted by Gasteiger charge is 2.12. The Balaban J connectivity index is 2.56. The first kappa shape index (κ1) is 20.7. The zero-order valence-corrected chi connectivity index (χ0v) is 16.3. The molecule has 0 bridgehead atoms. The standard InChI is InChI=1S/C19H35N3O2/c1-7-21(8-2)14-16(5)23-18-12-11-13-19(20-18)24-17(6)15-22(9-3)10-4/h11-13,16-17H,7-10,14-15H2,1-6H3. The summed E-state index contributed by atoms with van der Waals surface area (Å²) in [5, 5.41) is 0. The van der Waals surface area contributed by atoms with E-state index in [9.17, 15) is 0 Å². The summed E-state index contributed by atoms with van der Waals surface area (Å²) in [6, 6.07) is 5.72. The molecule has 2 unspecified atom stereocenters. The van der Waals surface area contributed by atoms with E-state index in [0.29, 0.717) is 11.8 Å². The smallest absolute Gasteiger partial charge is 0.216 e. The van der Waals surface area contributed by atoms with Crippen molar-refractivity contribution < 1.29 is 9.47 Å². The lowest BCUT2D eigenvalue weighted by atomic mass is 10.3. The second-order valence-corrected chi connectivity index (χ2v) is 6.14. The number of hydrogen-bond donors (Lipinski definition) is 0. The number of ether oxygens (including phenoxy) is 2. The fourth-order valence-corrected chi connectivity index (χ4v) is 2.70. The third-order valence-electron chi connectivity index (χ3n) is 4.16. The maximum Gasteiger partial charge on any atom is 0.216 e. The lowest BCUT2D eigenvalue weighted by Crippen LogP contribution is -2.34. The van der Waals surface area contributed by atoms with Crippen molar-refractivity contribution in [3.63, 3.8) is 0 Å². The molecule has 0 aromatic carbocycles. The summed E-state index contributed by atoms with van der Waals surface area (Å²) < 4.78 is 11.9. The van der Waals surface area contributed by atoms with Crippen molar-refractivity contribution >= 4 is 0 Å². The van der Waals surface area contributed by atoms with Crippen molar-refractivity contribution in [1.82, 2.24) is 14.8 Å². The molecule has 1 heterocycles. The van der Waals surface area contributed by atoms with Crippen LogP contribution in [0.5, 0.6) is 11.8 Å². The van der Waals surface area contributed by atoms with Gasteiger partial charge in [0, 0.05) is 25.2 Å². The van der Waals surface area contributed by atoms with E-state index in [2.05, 4.69) is 56.3 Å². The zero-order chi connectivity index (χ0) is 17.9. The minimum atomic E-state index is 0.0979. The molecule has 0 aliphatic carbocycles. The summed E-state index contributed by atoms with van der Waals surface area (Å²) in [5.41, 5.74) is 0. The summed E-state index contributed by atoms with van der Waals surface area (Å²) in [4.78, 5) is 9.18. The SMILES string of the molecule is CCN(CC)CC(C)Oc1cccc(OC(C)CN(CC)CC)n1. The average Bonchev–Trinajstić information content (AvgIpc) is 2.57. The predicted molar refractivity (Wildman–Crippen MR) is 100.0 cm³/mol. The Morgan fingerprint density at radius 2 is 1.17 bits per heavy atom. The molecule has 1 rings (SSSR count). The number of aromatic nitrogens is 1. The van der Waals surface area contributed by atoms with Crippen molar-refractivity contribution in [2.24, 2.45) is 0 Å². The van der Waals surface area contributed by atoms with E-state index in [4.69, 9.17) is 9.47 Å². The van der Waals surface area contributed by atoms with Crippen LogP contribution in [0.25, 0.3) is 0 Å². The van der Waals surface area contributed by atoms with Gasteiger partial charge in [-0.2, -0.15) is 4.98 Å². The Morgan fingerprint density at radius 1 is 0.792 bits per heavy atom. The highest BCUT2D eigenvalue weighted by atomic mass is 16.5. The van der Waals surface area contributed by atoms with E-state index in [-0.39, 0.29) is 12.2 Å². The second kappa shape index (κ2) is 11.3. The molecule has 0 saturated carbocycles. The van der Waals surface area contributed by atoms with Crippen LogP contribution in [0.3, 0.4) is 0 Å². The minimum absolute atomic E-state index is 0.0979. The summed E-state index contributed by atoms with van der Waals surface area (Å²) in [6.07, 6.45) is 0.196. The highest BCUT2D eigenvalue weighted by Crippen LogP contribution is 2.16. The number of pyridine rings is 1. The van der Waals surface area contributed by atoms with Crippen LogP contribution in [0.15, 0.2) is 18.2 Å². The quantitative estimate of drug-likeness (QED) is 0.585. The normalized spacial score (nSPS) is 14.0. The molecule has 0 amide bonds. The first-order valence-electron chi connectivity index (χ1n) is 9.27. The molecule has 0 fully saturated rings. The molecule has 2 atom stereocenters. The third kappa shape index (κ3) is 7.49. The molecule has 0 radical (unpaired) electrons. The Kier molecular flexibility index (Phi) is 9.72. The molecular formula is C19H35N3O2. The first-order chi connectivity index (χ1) is 11.5. The van der Waals surface area contributed by atoms with E-state index in [0.717, 1.165) is 39.3 Å². The van der Waals surface area contributed by atoms with Crippen molar-refractivity contribution in [2.75, 3.05) is 39.3 Å². The topological polar surface area (TPSA) is 37.8 Å². The van der Waals surface area contributed by atoms with Gasteiger partial charge < -0.3 is 19.3 Å². The van der Waals surface area contributed by atoms with Gasteiger partial charge in [0.25, 0.3) is 0 Å². The fourth-order valence-electron chi connectivity index (χ4n) is 2.70. The van der Waals surface area contributed by atoms with E-state index in [1.165, 1.54) is 0 Å². The zero-order valence-electron chi connectivity index (χ0n) is 16.3. The molecular weight excluding hydrogens is 302 g/mol. The van der Waals surface area contributed by atoms with Crippen LogP contribution < -0.4 is 9.47 Å². The highest BCUT2D eigenvalue weighted by molar-refractivity contribution is 5.20. The van der Waals surface area contributed by atoms with Crippen LogP contribution >= 0.6 is 0 Å². The predicted octanol–water partition coefficient (Wildman–Crippen LogP) is 3.30. The van der Waals surface area contributed by atoms with Gasteiger partial charge in [-0.25, -0.2) is 0 Å². The van der Waals surface area contributed by atoms with E-state index in [1.807, 2.05) is 18.2 Å². The van der Waals surface area contributed by atoms with Gasteiger partial charge in [-0.15, -0.1) is 0 Å². The average molecular weight is 338 g/mol. The third-order valence-corrected chi connectivity index (χ3v) is 4.16. The number of nitrogens with zero attached hydrogens (tertiary/aromatic N) is 3. The van der Waals surface area contributed by atoms with E-state index >= 15 is 0 Å². The van der Waals surface area contributed by atoms with Crippen molar-refractivity contribution in [2.45, 2.75) is 53.8 Å². The number of rotatable bonds is 12. The molecule has 0 saturated heterocycles. The molecule has 0 spiro atoms. The Hall–Kier alpha value is -1.33. The number of likely N-dealkylation sites (N-methyl/N-ethyl adjacent to an activating group) is 2. The Bertz CT molecular complexity index is 411. The Labute approximate surface area is 148 Å².